The van der Waals surface area contributed by atoms with Gasteiger partial charge in [0.05, 0.1) is 12.8 Å². The van der Waals surface area contributed by atoms with Crippen LogP contribution >= 0.6 is 0 Å². The largest absolute Gasteiger partial charge is 0.460 e. The molecule has 0 saturated heterocycles. The normalized spacial score (nSPS) is 9.00. The Morgan fingerprint density at radius 1 is 1.92 bits per heavy atom. The molecule has 0 bridgehead atoms. The number of aromatic nitrogens is 2. The lowest BCUT2D eigenvalue weighted by Gasteiger charge is -1.95. The number of hydrogen-bond donors (Lipinski definition) is 1. The van der Waals surface area contributed by atoms with E-state index < -0.39 is 5.97 Å². The second-order valence-electron chi connectivity index (χ2n) is 1.98. The summed E-state index contributed by atoms with van der Waals surface area (Å²) in [6.07, 6.45) is 1.28. The average molecular weight is 165 g/mol. The van der Waals surface area contributed by atoms with Crippen LogP contribution in [0.4, 0.5) is 0 Å². The summed E-state index contributed by atoms with van der Waals surface area (Å²) < 4.78 is 4.64. The monoisotopic (exact) mass is 165 g/mol. The van der Waals surface area contributed by atoms with Gasteiger partial charge in [0.1, 0.15) is 11.8 Å². The lowest BCUT2D eigenvalue weighted by molar-refractivity contribution is 0.0513. The van der Waals surface area contributed by atoms with Crippen molar-refractivity contribution >= 4 is 5.97 Å². The van der Waals surface area contributed by atoms with Crippen LogP contribution in [0.5, 0.6) is 0 Å². The Hall–Kier alpha value is -1.83. The highest BCUT2D eigenvalue weighted by Crippen LogP contribution is 1.96. The summed E-state index contributed by atoms with van der Waals surface area (Å²) in [6.45, 7) is 1.99. The molecule has 62 valence electrons. The van der Waals surface area contributed by atoms with Gasteiger partial charge in [0.15, 0.2) is 0 Å². The van der Waals surface area contributed by atoms with Crippen LogP contribution in [0.2, 0.25) is 0 Å². The zero-order valence-electron chi connectivity index (χ0n) is 6.50. The Labute approximate surface area is 69.0 Å². The van der Waals surface area contributed by atoms with E-state index in [1.165, 1.54) is 6.20 Å². The van der Waals surface area contributed by atoms with Gasteiger partial charge in [-0.1, -0.05) is 0 Å². The zero-order chi connectivity index (χ0) is 8.97. The third kappa shape index (κ3) is 1.61. The first-order valence-electron chi connectivity index (χ1n) is 3.40. The first-order chi connectivity index (χ1) is 5.77. The molecule has 1 rings (SSSR count). The van der Waals surface area contributed by atoms with E-state index in [1.807, 2.05) is 6.07 Å². The van der Waals surface area contributed by atoms with E-state index in [0.717, 1.165) is 0 Å². The van der Waals surface area contributed by atoms with Crippen LogP contribution in [-0.2, 0) is 4.74 Å². The maximum absolute atomic E-state index is 10.9. The van der Waals surface area contributed by atoms with Crippen molar-refractivity contribution in [2.24, 2.45) is 0 Å². The molecule has 0 aliphatic carbocycles. The minimum Gasteiger partial charge on any atom is -0.460 e. The van der Waals surface area contributed by atoms with Crippen LogP contribution in [0, 0.1) is 11.3 Å². The number of hydrogen-bond acceptors (Lipinski definition) is 4. The van der Waals surface area contributed by atoms with Gasteiger partial charge in [-0.3, -0.25) is 0 Å². The fourth-order valence-electron chi connectivity index (χ4n) is 0.681. The van der Waals surface area contributed by atoms with Crippen molar-refractivity contribution in [2.75, 3.05) is 6.61 Å². The van der Waals surface area contributed by atoms with Crippen LogP contribution in [0.25, 0.3) is 0 Å². The van der Waals surface area contributed by atoms with Gasteiger partial charge >= 0.3 is 5.97 Å². The van der Waals surface area contributed by atoms with Crippen molar-refractivity contribution in [3.8, 4) is 6.07 Å². The molecule has 5 nitrogen and oxygen atoms in total. The molecule has 0 fully saturated rings. The summed E-state index contributed by atoms with van der Waals surface area (Å²) in [7, 11) is 0. The number of carbonyl (C=O) groups excluding carboxylic acids is 1. The fraction of sp³-hybridized carbons (Fsp3) is 0.286. The first-order valence-corrected chi connectivity index (χ1v) is 3.40. The standard InChI is InChI=1S/C7H7N3O2/c1-2-12-7(11)6-9-4-5(3-8)10-6/h4H,2H2,1H3,(H,9,10). The maximum Gasteiger partial charge on any atom is 0.374 e. The van der Waals surface area contributed by atoms with Crippen LogP contribution in [0.3, 0.4) is 0 Å². The molecule has 1 N–H and O–H groups in total. The van der Waals surface area contributed by atoms with E-state index in [1.54, 1.807) is 6.92 Å². The predicted octanol–water partition coefficient (Wildman–Crippen LogP) is 0.458. The summed E-state index contributed by atoms with van der Waals surface area (Å²) >= 11 is 0. The van der Waals surface area contributed by atoms with E-state index in [4.69, 9.17) is 5.26 Å². The molecule has 0 aliphatic rings. The Balaban J connectivity index is 2.76. The van der Waals surface area contributed by atoms with Gasteiger partial charge in [-0.05, 0) is 6.92 Å². The zero-order valence-corrected chi connectivity index (χ0v) is 6.50. The molecule has 0 aliphatic heterocycles. The van der Waals surface area contributed by atoms with Crippen LogP contribution in [0.1, 0.15) is 23.2 Å². The SMILES string of the molecule is CCOC(=O)c1ncc(C#N)[nH]1. The summed E-state index contributed by atoms with van der Waals surface area (Å²) in [4.78, 5) is 17.1. The molecule has 0 unspecified atom stereocenters. The number of nitrogens with zero attached hydrogens (tertiary/aromatic N) is 2. The highest BCUT2D eigenvalue weighted by molar-refractivity contribution is 5.85. The number of rotatable bonds is 2. The predicted molar refractivity (Wildman–Crippen MR) is 39.3 cm³/mol. The second-order valence-corrected chi connectivity index (χ2v) is 1.98. The molecular formula is C7H7N3O2. The topological polar surface area (TPSA) is 78.8 Å². The first kappa shape index (κ1) is 8.27. The van der Waals surface area contributed by atoms with Crippen molar-refractivity contribution in [2.45, 2.75) is 6.92 Å². The average Bonchev–Trinajstić information content (AvgIpc) is 2.52. The summed E-state index contributed by atoms with van der Waals surface area (Å²) in [5.41, 5.74) is 0.248. The number of imidazole rings is 1. The van der Waals surface area contributed by atoms with Crippen molar-refractivity contribution in [3.05, 3.63) is 17.7 Å². The minimum absolute atomic E-state index is 0.0633. The second kappa shape index (κ2) is 3.53. The van der Waals surface area contributed by atoms with Gasteiger partial charge in [0.2, 0.25) is 5.82 Å². The quantitative estimate of drug-likeness (QED) is 0.645. The van der Waals surface area contributed by atoms with Crippen LogP contribution < -0.4 is 0 Å². The van der Waals surface area contributed by atoms with E-state index >= 15 is 0 Å². The molecule has 0 spiro atoms. The van der Waals surface area contributed by atoms with Gasteiger partial charge in [-0.2, -0.15) is 5.26 Å². The van der Waals surface area contributed by atoms with Gasteiger partial charge in [-0.15, -0.1) is 0 Å². The van der Waals surface area contributed by atoms with E-state index in [-0.39, 0.29) is 11.5 Å². The number of carbonyl (C=O) groups is 1. The number of esters is 1. The lowest BCUT2D eigenvalue weighted by Crippen LogP contribution is -2.06. The molecule has 5 heteroatoms. The number of aromatic amines is 1. The summed E-state index contributed by atoms with van der Waals surface area (Å²) in [6, 6.07) is 1.82. The smallest absolute Gasteiger partial charge is 0.374 e. The van der Waals surface area contributed by atoms with E-state index in [9.17, 15) is 4.79 Å². The number of nitrogens with one attached hydrogen (secondary N) is 1. The summed E-state index contributed by atoms with van der Waals surface area (Å²) in [5.74, 6) is -0.479. The number of H-pyrrole nitrogens is 1. The Bertz CT molecular complexity index is 324. The van der Waals surface area contributed by atoms with Crippen molar-refractivity contribution in [3.63, 3.8) is 0 Å². The molecule has 0 saturated carbocycles. The van der Waals surface area contributed by atoms with Gasteiger partial charge in [0, 0.05) is 0 Å². The minimum atomic E-state index is -0.543. The molecule has 0 atom stereocenters. The molecule has 0 radical (unpaired) electrons. The van der Waals surface area contributed by atoms with Crippen molar-refractivity contribution in [1.82, 2.24) is 9.97 Å². The van der Waals surface area contributed by atoms with Crippen LogP contribution in [-0.4, -0.2) is 22.5 Å². The highest BCUT2D eigenvalue weighted by Gasteiger charge is 2.09. The molecule has 0 amide bonds. The van der Waals surface area contributed by atoms with Gasteiger partial charge in [-0.25, -0.2) is 9.78 Å². The lowest BCUT2D eigenvalue weighted by atomic mass is 10.5. The van der Waals surface area contributed by atoms with Crippen molar-refractivity contribution < 1.29 is 9.53 Å². The molecule has 12 heavy (non-hydrogen) atoms. The van der Waals surface area contributed by atoms with Crippen molar-refractivity contribution in [1.29, 1.82) is 5.26 Å². The number of ether oxygens (including phenoxy) is 1. The Morgan fingerprint density at radius 3 is 3.17 bits per heavy atom. The van der Waals surface area contributed by atoms with Gasteiger partial charge in [0.25, 0.3) is 0 Å². The third-order valence-corrected chi connectivity index (χ3v) is 1.17. The van der Waals surface area contributed by atoms with Gasteiger partial charge < -0.3 is 9.72 Å². The molecule has 1 aromatic heterocycles. The Morgan fingerprint density at radius 2 is 2.67 bits per heavy atom. The fourth-order valence-corrected chi connectivity index (χ4v) is 0.681. The molecule has 1 aromatic rings. The van der Waals surface area contributed by atoms with E-state index in [2.05, 4.69) is 14.7 Å². The van der Waals surface area contributed by atoms with E-state index in [0.29, 0.717) is 6.61 Å². The third-order valence-electron chi connectivity index (χ3n) is 1.17. The van der Waals surface area contributed by atoms with Crippen LogP contribution in [0.15, 0.2) is 6.20 Å². The highest BCUT2D eigenvalue weighted by atomic mass is 16.5. The number of nitriles is 1. The molecule has 1 heterocycles. The molecular weight excluding hydrogens is 158 g/mol. The Kier molecular flexibility index (Phi) is 2.43. The molecule has 0 aromatic carbocycles. The summed E-state index contributed by atoms with van der Waals surface area (Å²) in [5, 5.41) is 8.39. The maximum atomic E-state index is 10.9.